The lowest BCUT2D eigenvalue weighted by Gasteiger charge is -2.37. The van der Waals surface area contributed by atoms with E-state index in [1.165, 1.54) is 19.3 Å². The van der Waals surface area contributed by atoms with Gasteiger partial charge in [0, 0.05) is 12.5 Å². The Morgan fingerprint density at radius 3 is 2.50 bits per heavy atom. The molecule has 0 saturated heterocycles. The molecule has 4 atom stereocenters. The third-order valence-electron chi connectivity index (χ3n) is 3.87. The summed E-state index contributed by atoms with van der Waals surface area (Å²) in [7, 11) is 0. The molecule has 1 saturated carbocycles. The third kappa shape index (κ3) is 4.06. The normalized spacial score (nSPS) is 33.0. The fourth-order valence-corrected chi connectivity index (χ4v) is 2.65. The predicted octanol–water partition coefficient (Wildman–Crippen LogP) is 3.09. The largest absolute Gasteiger partial charge is 0.396 e. The first-order valence-corrected chi connectivity index (χ1v) is 6.77. The second-order valence-corrected chi connectivity index (χ2v) is 5.99. The molecule has 0 aliphatic heterocycles. The Morgan fingerprint density at radius 2 is 1.94 bits per heavy atom. The van der Waals surface area contributed by atoms with Crippen LogP contribution in [0.15, 0.2) is 0 Å². The number of hydrogen-bond acceptors (Lipinski definition) is 2. The van der Waals surface area contributed by atoms with E-state index in [1.807, 2.05) is 6.92 Å². The monoisotopic (exact) mass is 228 g/mol. The summed E-state index contributed by atoms with van der Waals surface area (Å²) in [6, 6.07) is 0. The average Bonchev–Trinajstić information content (AvgIpc) is 2.25. The highest BCUT2D eigenvalue weighted by Crippen LogP contribution is 2.35. The van der Waals surface area contributed by atoms with Gasteiger partial charge < -0.3 is 9.84 Å². The van der Waals surface area contributed by atoms with Crippen LogP contribution in [0.3, 0.4) is 0 Å². The summed E-state index contributed by atoms with van der Waals surface area (Å²) in [5, 5.41) is 9.01. The first-order valence-electron chi connectivity index (χ1n) is 6.77. The number of ether oxygens (including phenoxy) is 1. The lowest BCUT2D eigenvalue weighted by molar-refractivity contribution is -0.0544. The minimum Gasteiger partial charge on any atom is -0.396 e. The number of aliphatic hydroxyl groups excluding tert-OH is 1. The molecule has 0 radical (unpaired) electrons. The van der Waals surface area contributed by atoms with Crippen molar-refractivity contribution in [3.8, 4) is 0 Å². The molecule has 0 aromatic heterocycles. The van der Waals surface area contributed by atoms with Crippen LogP contribution in [0.4, 0.5) is 0 Å². The molecule has 0 aromatic rings. The zero-order valence-electron chi connectivity index (χ0n) is 11.3. The van der Waals surface area contributed by atoms with Crippen molar-refractivity contribution >= 4 is 0 Å². The molecule has 0 heterocycles. The second kappa shape index (κ2) is 6.61. The van der Waals surface area contributed by atoms with Gasteiger partial charge in [0.2, 0.25) is 0 Å². The van der Waals surface area contributed by atoms with Crippen molar-refractivity contribution in [1.82, 2.24) is 0 Å². The summed E-state index contributed by atoms with van der Waals surface area (Å²) in [5.74, 6) is 2.48. The number of rotatable bonds is 5. The second-order valence-electron chi connectivity index (χ2n) is 5.99. The van der Waals surface area contributed by atoms with Gasteiger partial charge in [-0.05, 0) is 30.6 Å². The van der Waals surface area contributed by atoms with E-state index in [-0.39, 0.29) is 12.5 Å². The van der Waals surface area contributed by atoms with E-state index in [1.54, 1.807) is 0 Å². The van der Waals surface area contributed by atoms with Crippen LogP contribution in [0.5, 0.6) is 0 Å². The van der Waals surface area contributed by atoms with Gasteiger partial charge in [-0.1, -0.05) is 34.1 Å². The van der Waals surface area contributed by atoms with Crippen molar-refractivity contribution in [3.63, 3.8) is 0 Å². The van der Waals surface area contributed by atoms with E-state index in [2.05, 4.69) is 20.8 Å². The lowest BCUT2D eigenvalue weighted by Crippen LogP contribution is -2.35. The van der Waals surface area contributed by atoms with Gasteiger partial charge in [-0.25, -0.2) is 0 Å². The Balaban J connectivity index is 2.44. The SMILES string of the molecule is CC(CO)COC1CC(C)CCC1C(C)C. The molecule has 0 aromatic carbocycles. The fourth-order valence-electron chi connectivity index (χ4n) is 2.65. The van der Waals surface area contributed by atoms with Crippen LogP contribution < -0.4 is 0 Å². The maximum Gasteiger partial charge on any atom is 0.0608 e. The first-order chi connectivity index (χ1) is 7.54. The van der Waals surface area contributed by atoms with Crippen molar-refractivity contribution in [2.45, 2.75) is 53.1 Å². The van der Waals surface area contributed by atoms with Crippen LogP contribution in [0.1, 0.15) is 47.0 Å². The van der Waals surface area contributed by atoms with E-state index >= 15 is 0 Å². The van der Waals surface area contributed by atoms with Crippen LogP contribution in [0.25, 0.3) is 0 Å². The van der Waals surface area contributed by atoms with Crippen LogP contribution in [-0.4, -0.2) is 24.4 Å². The maximum atomic E-state index is 9.01. The fraction of sp³-hybridized carbons (Fsp3) is 1.00. The molecule has 2 nitrogen and oxygen atoms in total. The summed E-state index contributed by atoms with van der Waals surface area (Å²) in [5.41, 5.74) is 0. The maximum absolute atomic E-state index is 9.01. The highest BCUT2D eigenvalue weighted by atomic mass is 16.5. The highest BCUT2D eigenvalue weighted by molar-refractivity contribution is 4.81. The van der Waals surface area contributed by atoms with Gasteiger partial charge in [-0.15, -0.1) is 0 Å². The molecule has 1 fully saturated rings. The Labute approximate surface area is 100 Å². The van der Waals surface area contributed by atoms with Crippen molar-refractivity contribution in [2.75, 3.05) is 13.2 Å². The molecule has 4 unspecified atom stereocenters. The molecule has 96 valence electrons. The molecule has 16 heavy (non-hydrogen) atoms. The van der Waals surface area contributed by atoms with Crippen LogP contribution >= 0.6 is 0 Å². The van der Waals surface area contributed by atoms with E-state index in [4.69, 9.17) is 9.84 Å². The summed E-state index contributed by atoms with van der Waals surface area (Å²) >= 11 is 0. The van der Waals surface area contributed by atoms with Crippen LogP contribution in [0, 0.1) is 23.7 Å². The van der Waals surface area contributed by atoms with Crippen LogP contribution in [-0.2, 0) is 4.74 Å². The highest BCUT2D eigenvalue weighted by Gasteiger charge is 2.31. The number of hydrogen-bond donors (Lipinski definition) is 1. The summed E-state index contributed by atoms with van der Waals surface area (Å²) in [4.78, 5) is 0. The molecular formula is C14H28O2. The van der Waals surface area contributed by atoms with Crippen LogP contribution in [0.2, 0.25) is 0 Å². The van der Waals surface area contributed by atoms with Gasteiger partial charge in [0.25, 0.3) is 0 Å². The van der Waals surface area contributed by atoms with Crippen molar-refractivity contribution in [3.05, 3.63) is 0 Å². The molecule has 0 bridgehead atoms. The third-order valence-corrected chi connectivity index (χ3v) is 3.87. The summed E-state index contributed by atoms with van der Waals surface area (Å²) in [6.45, 7) is 9.89. The lowest BCUT2D eigenvalue weighted by atomic mass is 9.75. The Bertz CT molecular complexity index is 191. The van der Waals surface area contributed by atoms with Gasteiger partial charge in [0.1, 0.15) is 0 Å². The van der Waals surface area contributed by atoms with E-state index in [0.717, 1.165) is 5.92 Å². The molecule has 1 rings (SSSR count). The van der Waals surface area contributed by atoms with Crippen molar-refractivity contribution in [2.24, 2.45) is 23.7 Å². The van der Waals surface area contributed by atoms with Gasteiger partial charge in [0.05, 0.1) is 12.7 Å². The standard InChI is InChI=1S/C14H28O2/c1-10(2)13-6-5-11(3)7-14(13)16-9-12(4)8-15/h10-15H,5-9H2,1-4H3. The van der Waals surface area contributed by atoms with E-state index < -0.39 is 0 Å². The average molecular weight is 228 g/mol. The molecule has 1 aliphatic rings. The minimum absolute atomic E-state index is 0.231. The Hall–Kier alpha value is -0.0800. The van der Waals surface area contributed by atoms with Gasteiger partial charge >= 0.3 is 0 Å². The van der Waals surface area contributed by atoms with Crippen molar-refractivity contribution < 1.29 is 9.84 Å². The Morgan fingerprint density at radius 1 is 1.25 bits per heavy atom. The first kappa shape index (κ1) is 14.0. The molecule has 1 aliphatic carbocycles. The van der Waals surface area contributed by atoms with E-state index in [9.17, 15) is 0 Å². The predicted molar refractivity (Wildman–Crippen MR) is 67.3 cm³/mol. The molecule has 0 spiro atoms. The smallest absolute Gasteiger partial charge is 0.0608 e. The summed E-state index contributed by atoms with van der Waals surface area (Å²) < 4.78 is 6.02. The quantitative estimate of drug-likeness (QED) is 0.783. The Kier molecular flexibility index (Phi) is 5.77. The zero-order chi connectivity index (χ0) is 12.1. The topological polar surface area (TPSA) is 29.5 Å². The van der Waals surface area contributed by atoms with Gasteiger partial charge in [-0.2, -0.15) is 0 Å². The van der Waals surface area contributed by atoms with Gasteiger partial charge in [0.15, 0.2) is 0 Å². The van der Waals surface area contributed by atoms with Gasteiger partial charge in [-0.3, -0.25) is 0 Å². The molecular weight excluding hydrogens is 200 g/mol. The van der Waals surface area contributed by atoms with E-state index in [0.29, 0.717) is 24.5 Å². The molecule has 1 N–H and O–H groups in total. The summed E-state index contributed by atoms with van der Waals surface area (Å²) in [6.07, 6.45) is 4.26. The minimum atomic E-state index is 0.231. The molecule has 0 amide bonds. The zero-order valence-corrected chi connectivity index (χ0v) is 11.3. The molecule has 2 heteroatoms. The van der Waals surface area contributed by atoms with Crippen molar-refractivity contribution in [1.29, 1.82) is 0 Å². The number of aliphatic hydroxyl groups is 1.